The zero-order valence-corrected chi connectivity index (χ0v) is 12.7. The SMILES string of the molecule is COC(=O)C=Cc1cc(F)cc(N=Cc2ccc(C)cc2F)c1. The van der Waals surface area contributed by atoms with Gasteiger partial charge in [0.15, 0.2) is 0 Å². The lowest BCUT2D eigenvalue weighted by atomic mass is 10.1. The van der Waals surface area contributed by atoms with Crippen LogP contribution in [0, 0.1) is 18.6 Å². The first-order valence-corrected chi connectivity index (χ1v) is 6.85. The second-order valence-corrected chi connectivity index (χ2v) is 4.88. The van der Waals surface area contributed by atoms with E-state index in [9.17, 15) is 13.6 Å². The van der Waals surface area contributed by atoms with E-state index >= 15 is 0 Å². The third-order valence-electron chi connectivity index (χ3n) is 3.03. The maximum absolute atomic E-state index is 13.7. The van der Waals surface area contributed by atoms with Crippen LogP contribution in [0.2, 0.25) is 0 Å². The van der Waals surface area contributed by atoms with E-state index in [0.29, 0.717) is 16.8 Å². The highest BCUT2D eigenvalue weighted by Gasteiger charge is 2.01. The summed E-state index contributed by atoms with van der Waals surface area (Å²) in [6.07, 6.45) is 3.93. The summed E-state index contributed by atoms with van der Waals surface area (Å²) in [7, 11) is 1.25. The zero-order valence-electron chi connectivity index (χ0n) is 12.7. The fourth-order valence-electron chi connectivity index (χ4n) is 1.88. The summed E-state index contributed by atoms with van der Waals surface area (Å²) < 4.78 is 31.8. The highest BCUT2D eigenvalue weighted by molar-refractivity contribution is 5.87. The number of carbonyl (C=O) groups is 1. The second kappa shape index (κ2) is 7.45. The van der Waals surface area contributed by atoms with Crippen molar-refractivity contribution in [2.75, 3.05) is 7.11 Å². The number of hydrogen-bond donors (Lipinski definition) is 0. The Labute approximate surface area is 132 Å². The molecule has 0 saturated heterocycles. The minimum atomic E-state index is -0.541. The van der Waals surface area contributed by atoms with Gasteiger partial charge in [0.25, 0.3) is 0 Å². The van der Waals surface area contributed by atoms with Crippen molar-refractivity contribution in [3.05, 3.63) is 70.8 Å². The molecule has 0 radical (unpaired) electrons. The number of hydrogen-bond acceptors (Lipinski definition) is 3. The third-order valence-corrected chi connectivity index (χ3v) is 3.03. The van der Waals surface area contributed by atoms with Gasteiger partial charge in [0.05, 0.1) is 12.8 Å². The fraction of sp³-hybridized carbons (Fsp3) is 0.111. The van der Waals surface area contributed by atoms with Crippen LogP contribution in [0.25, 0.3) is 6.08 Å². The number of aryl methyl sites for hydroxylation is 1. The van der Waals surface area contributed by atoms with Gasteiger partial charge >= 0.3 is 5.97 Å². The van der Waals surface area contributed by atoms with Crippen LogP contribution in [0.3, 0.4) is 0 Å². The Bertz CT molecular complexity index is 783. The number of benzene rings is 2. The van der Waals surface area contributed by atoms with Crippen LogP contribution in [-0.2, 0) is 9.53 Å². The van der Waals surface area contributed by atoms with Crippen molar-refractivity contribution in [1.82, 2.24) is 0 Å². The standard InChI is InChI=1S/C18H15F2NO2/c1-12-3-5-14(17(20)7-12)11-21-16-9-13(8-15(19)10-16)4-6-18(22)23-2/h3-11H,1-2H3. The average Bonchev–Trinajstić information content (AvgIpc) is 2.51. The molecule has 0 amide bonds. The van der Waals surface area contributed by atoms with Crippen molar-refractivity contribution < 1.29 is 18.3 Å². The molecule has 23 heavy (non-hydrogen) atoms. The van der Waals surface area contributed by atoms with E-state index in [1.165, 1.54) is 43.7 Å². The molecule has 0 atom stereocenters. The molecule has 0 heterocycles. The minimum Gasteiger partial charge on any atom is -0.466 e. The van der Waals surface area contributed by atoms with Crippen LogP contribution in [0.1, 0.15) is 16.7 Å². The first-order valence-electron chi connectivity index (χ1n) is 6.85. The van der Waals surface area contributed by atoms with Gasteiger partial charge in [-0.3, -0.25) is 4.99 Å². The second-order valence-electron chi connectivity index (χ2n) is 4.88. The normalized spacial score (nSPS) is 11.3. The van der Waals surface area contributed by atoms with E-state index < -0.39 is 17.6 Å². The Kier molecular flexibility index (Phi) is 5.36. The summed E-state index contributed by atoms with van der Waals surface area (Å²) in [6, 6.07) is 8.82. The van der Waals surface area contributed by atoms with Gasteiger partial charge in [-0.15, -0.1) is 0 Å². The van der Waals surface area contributed by atoms with Crippen molar-refractivity contribution in [2.24, 2.45) is 4.99 Å². The summed E-state index contributed by atoms with van der Waals surface area (Å²) in [5.74, 6) is -1.44. The summed E-state index contributed by atoms with van der Waals surface area (Å²) in [5.41, 5.74) is 1.88. The van der Waals surface area contributed by atoms with Crippen molar-refractivity contribution in [1.29, 1.82) is 0 Å². The summed E-state index contributed by atoms with van der Waals surface area (Å²) in [6.45, 7) is 1.79. The molecule has 0 saturated carbocycles. The Morgan fingerprint density at radius 3 is 2.65 bits per heavy atom. The lowest BCUT2D eigenvalue weighted by Gasteiger charge is -2.00. The molecule has 118 valence electrons. The Morgan fingerprint density at radius 1 is 1.17 bits per heavy atom. The van der Waals surface area contributed by atoms with Crippen LogP contribution < -0.4 is 0 Å². The number of esters is 1. The minimum absolute atomic E-state index is 0.312. The lowest BCUT2D eigenvalue weighted by molar-refractivity contribution is -0.134. The summed E-state index contributed by atoms with van der Waals surface area (Å²) in [4.78, 5) is 15.1. The molecule has 0 aliphatic rings. The van der Waals surface area contributed by atoms with Crippen LogP contribution >= 0.6 is 0 Å². The predicted molar refractivity (Wildman–Crippen MR) is 85.8 cm³/mol. The molecular weight excluding hydrogens is 300 g/mol. The Hall–Kier alpha value is -2.82. The highest BCUT2D eigenvalue weighted by atomic mass is 19.1. The molecule has 0 aliphatic heterocycles. The molecule has 0 unspecified atom stereocenters. The fourth-order valence-corrected chi connectivity index (χ4v) is 1.88. The number of methoxy groups -OCH3 is 1. The Balaban J connectivity index is 2.26. The van der Waals surface area contributed by atoms with Gasteiger partial charge in [-0.25, -0.2) is 13.6 Å². The number of ether oxygens (including phenoxy) is 1. The van der Waals surface area contributed by atoms with Gasteiger partial charge in [-0.2, -0.15) is 0 Å². The molecule has 0 fully saturated rings. The molecule has 5 heteroatoms. The molecule has 0 bridgehead atoms. The molecule has 2 aromatic rings. The molecular formula is C18H15F2NO2. The summed E-state index contributed by atoms with van der Waals surface area (Å²) >= 11 is 0. The molecule has 0 aliphatic carbocycles. The van der Waals surface area contributed by atoms with E-state index in [0.717, 1.165) is 5.56 Å². The maximum atomic E-state index is 13.7. The molecule has 0 aromatic heterocycles. The first kappa shape index (κ1) is 16.5. The largest absolute Gasteiger partial charge is 0.466 e. The predicted octanol–water partition coefficient (Wildman–Crippen LogP) is 4.21. The number of nitrogens with zero attached hydrogens (tertiary/aromatic N) is 1. The molecule has 0 N–H and O–H groups in total. The smallest absolute Gasteiger partial charge is 0.330 e. The van der Waals surface area contributed by atoms with Crippen molar-refractivity contribution in [2.45, 2.75) is 6.92 Å². The first-order chi connectivity index (χ1) is 11.0. The van der Waals surface area contributed by atoms with Gasteiger partial charge in [-0.05, 0) is 48.4 Å². The maximum Gasteiger partial charge on any atom is 0.330 e. The van der Waals surface area contributed by atoms with Crippen molar-refractivity contribution >= 4 is 23.9 Å². The average molecular weight is 315 g/mol. The Morgan fingerprint density at radius 2 is 1.96 bits per heavy atom. The van der Waals surface area contributed by atoms with Crippen LogP contribution in [0.4, 0.5) is 14.5 Å². The molecule has 3 nitrogen and oxygen atoms in total. The van der Waals surface area contributed by atoms with Crippen molar-refractivity contribution in [3.8, 4) is 0 Å². The van der Waals surface area contributed by atoms with Crippen molar-refractivity contribution in [3.63, 3.8) is 0 Å². The van der Waals surface area contributed by atoms with Gasteiger partial charge in [0.1, 0.15) is 11.6 Å². The van der Waals surface area contributed by atoms with E-state index in [2.05, 4.69) is 9.73 Å². The van der Waals surface area contributed by atoms with Crippen LogP contribution in [0.15, 0.2) is 47.5 Å². The topological polar surface area (TPSA) is 38.7 Å². The molecule has 0 spiro atoms. The van der Waals surface area contributed by atoms with Gasteiger partial charge in [-0.1, -0.05) is 12.1 Å². The van der Waals surface area contributed by atoms with E-state index in [1.54, 1.807) is 25.1 Å². The highest BCUT2D eigenvalue weighted by Crippen LogP contribution is 2.19. The van der Waals surface area contributed by atoms with E-state index in [1.807, 2.05) is 0 Å². The lowest BCUT2D eigenvalue weighted by Crippen LogP contribution is -1.93. The van der Waals surface area contributed by atoms with Crippen LogP contribution in [-0.4, -0.2) is 19.3 Å². The van der Waals surface area contributed by atoms with E-state index in [-0.39, 0.29) is 0 Å². The van der Waals surface area contributed by atoms with Gasteiger partial charge < -0.3 is 4.74 Å². The number of halogens is 2. The monoisotopic (exact) mass is 315 g/mol. The number of carbonyl (C=O) groups excluding carboxylic acids is 1. The quantitative estimate of drug-likeness (QED) is 0.481. The van der Waals surface area contributed by atoms with Crippen LogP contribution in [0.5, 0.6) is 0 Å². The van der Waals surface area contributed by atoms with Gasteiger partial charge in [0, 0.05) is 17.9 Å². The molecule has 2 aromatic carbocycles. The number of rotatable bonds is 4. The number of aliphatic imine (C=N–C) groups is 1. The van der Waals surface area contributed by atoms with Gasteiger partial charge in [0.2, 0.25) is 0 Å². The molecule has 2 rings (SSSR count). The third kappa shape index (κ3) is 4.85. The summed E-state index contributed by atoms with van der Waals surface area (Å²) in [5, 5.41) is 0. The zero-order chi connectivity index (χ0) is 16.8. The van der Waals surface area contributed by atoms with E-state index in [4.69, 9.17) is 0 Å².